The number of anilines is 1. The van der Waals surface area contributed by atoms with Crippen molar-refractivity contribution in [2.75, 3.05) is 33.1 Å². The molecule has 7 heteroatoms. The van der Waals surface area contributed by atoms with Gasteiger partial charge in [0.1, 0.15) is 0 Å². The SMILES string of the molecule is COCc1ccccc1NC(N)=NCC(c1cccs1)N(C)C.I. The molecule has 2 aromatic rings. The molecule has 0 bridgehead atoms. The molecule has 1 atom stereocenters. The average molecular weight is 460 g/mol. The number of ether oxygens (including phenoxy) is 1. The number of nitrogens with one attached hydrogen (secondary N) is 1. The molecule has 0 aliphatic heterocycles. The largest absolute Gasteiger partial charge is 0.380 e. The molecule has 0 aliphatic carbocycles. The van der Waals surface area contributed by atoms with Crippen LogP contribution in [-0.2, 0) is 11.3 Å². The third-order valence-electron chi connectivity index (χ3n) is 3.51. The van der Waals surface area contributed by atoms with Gasteiger partial charge in [-0.25, -0.2) is 0 Å². The van der Waals surface area contributed by atoms with Crippen molar-refractivity contribution in [2.24, 2.45) is 10.7 Å². The Balaban J connectivity index is 0.00000288. The first-order valence-electron chi connectivity index (χ1n) is 7.45. The van der Waals surface area contributed by atoms with Gasteiger partial charge < -0.3 is 20.7 Å². The minimum Gasteiger partial charge on any atom is -0.380 e. The number of guanidine groups is 1. The summed E-state index contributed by atoms with van der Waals surface area (Å²) in [5, 5.41) is 5.25. The van der Waals surface area contributed by atoms with E-state index in [-0.39, 0.29) is 30.0 Å². The Hall–Kier alpha value is -1.16. The van der Waals surface area contributed by atoms with Gasteiger partial charge in [-0.15, -0.1) is 35.3 Å². The third-order valence-corrected chi connectivity index (χ3v) is 4.48. The molecular formula is C17H25IN4OS. The Bertz CT molecular complexity index is 631. The lowest BCUT2D eigenvalue weighted by Crippen LogP contribution is -2.27. The molecule has 132 valence electrons. The first-order valence-corrected chi connectivity index (χ1v) is 8.33. The van der Waals surface area contributed by atoms with Crippen LogP contribution in [0.1, 0.15) is 16.5 Å². The zero-order chi connectivity index (χ0) is 16.7. The third kappa shape index (κ3) is 6.04. The molecule has 0 saturated carbocycles. The Labute approximate surface area is 164 Å². The van der Waals surface area contributed by atoms with E-state index in [1.807, 2.05) is 24.3 Å². The van der Waals surface area contributed by atoms with E-state index in [1.165, 1.54) is 4.88 Å². The molecule has 1 aromatic carbocycles. The maximum Gasteiger partial charge on any atom is 0.193 e. The van der Waals surface area contributed by atoms with E-state index in [0.717, 1.165) is 11.3 Å². The van der Waals surface area contributed by atoms with Crippen LogP contribution in [-0.4, -0.2) is 38.6 Å². The molecule has 0 saturated heterocycles. The molecule has 1 unspecified atom stereocenters. The minimum atomic E-state index is 0. The fourth-order valence-electron chi connectivity index (χ4n) is 2.27. The first kappa shape index (κ1) is 20.9. The number of rotatable bonds is 7. The van der Waals surface area contributed by atoms with Crippen LogP contribution in [0.25, 0.3) is 0 Å². The first-order chi connectivity index (χ1) is 11.1. The highest BCUT2D eigenvalue weighted by molar-refractivity contribution is 14.0. The highest BCUT2D eigenvalue weighted by Crippen LogP contribution is 2.23. The van der Waals surface area contributed by atoms with E-state index in [9.17, 15) is 0 Å². The second-order valence-corrected chi connectivity index (χ2v) is 6.42. The predicted octanol–water partition coefficient (Wildman–Crippen LogP) is 3.54. The van der Waals surface area contributed by atoms with Crippen molar-refractivity contribution in [1.82, 2.24) is 4.90 Å². The molecule has 0 aliphatic rings. The van der Waals surface area contributed by atoms with Crippen molar-refractivity contribution in [3.05, 3.63) is 52.2 Å². The lowest BCUT2D eigenvalue weighted by molar-refractivity contribution is 0.185. The number of hydrogen-bond donors (Lipinski definition) is 2. The van der Waals surface area contributed by atoms with E-state index in [2.05, 4.69) is 46.8 Å². The topological polar surface area (TPSA) is 62.9 Å². The number of nitrogens with zero attached hydrogens (tertiary/aromatic N) is 2. The summed E-state index contributed by atoms with van der Waals surface area (Å²) >= 11 is 1.74. The molecule has 2 rings (SSSR count). The van der Waals surface area contributed by atoms with E-state index in [4.69, 9.17) is 10.5 Å². The maximum absolute atomic E-state index is 6.06. The lowest BCUT2D eigenvalue weighted by Gasteiger charge is -2.21. The van der Waals surface area contributed by atoms with Gasteiger partial charge in [0.25, 0.3) is 0 Å². The van der Waals surface area contributed by atoms with Gasteiger partial charge in [0, 0.05) is 23.2 Å². The number of aliphatic imine (C=N–C) groups is 1. The normalized spacial score (nSPS) is 12.8. The van der Waals surface area contributed by atoms with Crippen LogP contribution in [0.5, 0.6) is 0 Å². The molecule has 0 spiro atoms. The quantitative estimate of drug-likeness (QED) is 0.377. The van der Waals surface area contributed by atoms with E-state index < -0.39 is 0 Å². The van der Waals surface area contributed by atoms with Crippen LogP contribution < -0.4 is 11.1 Å². The Kier molecular flexibility index (Phi) is 9.27. The van der Waals surface area contributed by atoms with Crippen LogP contribution in [0.4, 0.5) is 5.69 Å². The summed E-state index contributed by atoms with van der Waals surface area (Å²) in [6.45, 7) is 1.14. The molecular weight excluding hydrogens is 435 g/mol. The molecule has 0 radical (unpaired) electrons. The van der Waals surface area contributed by atoms with E-state index in [1.54, 1.807) is 18.4 Å². The Morgan fingerprint density at radius 1 is 1.29 bits per heavy atom. The number of likely N-dealkylation sites (N-methyl/N-ethyl adjacent to an activating group) is 1. The lowest BCUT2D eigenvalue weighted by atomic mass is 10.2. The Morgan fingerprint density at radius 3 is 2.67 bits per heavy atom. The number of hydrogen-bond acceptors (Lipinski definition) is 4. The summed E-state index contributed by atoms with van der Waals surface area (Å²) in [7, 11) is 5.78. The van der Waals surface area contributed by atoms with Crippen molar-refractivity contribution >= 4 is 47.0 Å². The van der Waals surface area contributed by atoms with E-state index in [0.29, 0.717) is 19.1 Å². The van der Waals surface area contributed by atoms with Crippen molar-refractivity contribution in [1.29, 1.82) is 0 Å². The van der Waals surface area contributed by atoms with Gasteiger partial charge in [-0.2, -0.15) is 0 Å². The van der Waals surface area contributed by atoms with Crippen LogP contribution in [0.15, 0.2) is 46.8 Å². The monoisotopic (exact) mass is 460 g/mol. The summed E-state index contributed by atoms with van der Waals surface area (Å²) in [5.41, 5.74) is 8.03. The van der Waals surface area contributed by atoms with Crippen molar-refractivity contribution in [2.45, 2.75) is 12.6 Å². The summed E-state index contributed by atoms with van der Waals surface area (Å²) in [6.07, 6.45) is 0. The number of nitrogens with two attached hydrogens (primary N) is 1. The van der Waals surface area contributed by atoms with E-state index >= 15 is 0 Å². The van der Waals surface area contributed by atoms with Gasteiger partial charge >= 0.3 is 0 Å². The van der Waals surface area contributed by atoms with Crippen molar-refractivity contribution < 1.29 is 4.74 Å². The van der Waals surface area contributed by atoms with Crippen molar-refractivity contribution in [3.8, 4) is 0 Å². The van der Waals surface area contributed by atoms with Gasteiger partial charge in [-0.05, 0) is 31.6 Å². The smallest absolute Gasteiger partial charge is 0.193 e. The molecule has 0 amide bonds. The number of para-hydroxylation sites is 1. The average Bonchev–Trinajstić information content (AvgIpc) is 3.03. The van der Waals surface area contributed by atoms with Gasteiger partial charge in [0.05, 0.1) is 19.2 Å². The standard InChI is InChI=1S/C17H24N4OS.HI/c1-21(2)15(16-9-6-10-23-16)11-19-17(18)20-14-8-5-4-7-13(14)12-22-3;/h4-10,15H,11-12H2,1-3H3,(H3,18,19,20);1H. The predicted molar refractivity (Wildman–Crippen MR) is 113 cm³/mol. The number of halogens is 1. The van der Waals surface area contributed by atoms with Gasteiger partial charge in [0.15, 0.2) is 5.96 Å². The number of methoxy groups -OCH3 is 1. The summed E-state index contributed by atoms with van der Waals surface area (Å²) in [5.74, 6) is 0.414. The second kappa shape index (κ2) is 10.7. The van der Waals surface area contributed by atoms with Gasteiger partial charge in [0.2, 0.25) is 0 Å². The number of benzene rings is 1. The van der Waals surface area contributed by atoms with Crippen LogP contribution in [0.3, 0.4) is 0 Å². The summed E-state index contributed by atoms with van der Waals surface area (Å²) in [4.78, 5) is 7.94. The minimum absolute atomic E-state index is 0. The fraction of sp³-hybridized carbons (Fsp3) is 0.353. The molecule has 0 fully saturated rings. The molecule has 24 heavy (non-hydrogen) atoms. The van der Waals surface area contributed by atoms with Gasteiger partial charge in [-0.3, -0.25) is 4.99 Å². The summed E-state index contributed by atoms with van der Waals surface area (Å²) < 4.78 is 5.20. The van der Waals surface area contributed by atoms with Crippen molar-refractivity contribution in [3.63, 3.8) is 0 Å². The highest BCUT2D eigenvalue weighted by Gasteiger charge is 2.14. The Morgan fingerprint density at radius 2 is 2.04 bits per heavy atom. The van der Waals surface area contributed by atoms with Crippen LogP contribution >= 0.6 is 35.3 Å². The van der Waals surface area contributed by atoms with Crippen LogP contribution in [0.2, 0.25) is 0 Å². The zero-order valence-corrected chi connectivity index (χ0v) is 17.4. The molecule has 1 aromatic heterocycles. The van der Waals surface area contributed by atoms with Gasteiger partial charge in [-0.1, -0.05) is 24.3 Å². The highest BCUT2D eigenvalue weighted by atomic mass is 127. The zero-order valence-electron chi connectivity index (χ0n) is 14.2. The molecule has 5 nitrogen and oxygen atoms in total. The molecule has 1 heterocycles. The molecule has 3 N–H and O–H groups in total. The van der Waals surface area contributed by atoms with Crippen LogP contribution in [0, 0.1) is 0 Å². The number of thiophene rings is 1. The fourth-order valence-corrected chi connectivity index (χ4v) is 3.19. The maximum atomic E-state index is 6.06. The summed E-state index contributed by atoms with van der Waals surface area (Å²) in [6, 6.07) is 12.3. The second-order valence-electron chi connectivity index (χ2n) is 5.44.